The lowest BCUT2D eigenvalue weighted by molar-refractivity contribution is -0.142. The van der Waals surface area contributed by atoms with Crippen molar-refractivity contribution < 1.29 is 28.2 Å². The summed E-state index contributed by atoms with van der Waals surface area (Å²) < 4.78 is 29.2. The molecule has 1 saturated heterocycles. The van der Waals surface area contributed by atoms with E-state index in [0.29, 0.717) is 0 Å². The number of ether oxygens (including phenoxy) is 1. The highest BCUT2D eigenvalue weighted by molar-refractivity contribution is 6.31. The van der Waals surface area contributed by atoms with Crippen molar-refractivity contribution >= 4 is 23.5 Å². The molecule has 2 atom stereocenters. The fraction of sp³-hybridized carbons (Fsp3) is 0.429. The van der Waals surface area contributed by atoms with Gasteiger partial charge in [0.2, 0.25) is 0 Å². The normalized spacial score (nSPS) is 21.2. The maximum absolute atomic E-state index is 12.5. The van der Waals surface area contributed by atoms with Crippen LogP contribution in [0, 0.1) is 11.8 Å². The maximum Gasteiger partial charge on any atom is 0.387 e. The Balaban J connectivity index is 2.26. The Labute approximate surface area is 130 Å². The summed E-state index contributed by atoms with van der Waals surface area (Å²) >= 11 is 5.80. The Morgan fingerprint density at radius 3 is 2.64 bits per heavy atom. The summed E-state index contributed by atoms with van der Waals surface area (Å²) in [6.07, 6.45) is 0. The second kappa shape index (κ2) is 6.48. The first kappa shape index (κ1) is 16.5. The van der Waals surface area contributed by atoms with E-state index in [1.54, 1.807) is 6.92 Å². The molecule has 0 bridgehead atoms. The van der Waals surface area contributed by atoms with Crippen LogP contribution in [0.1, 0.15) is 17.3 Å². The van der Waals surface area contributed by atoms with Gasteiger partial charge >= 0.3 is 12.6 Å². The predicted octanol–water partition coefficient (Wildman–Crippen LogP) is 2.73. The molecule has 0 unspecified atom stereocenters. The first-order valence-electron chi connectivity index (χ1n) is 6.56. The fourth-order valence-corrected chi connectivity index (χ4v) is 2.66. The smallest absolute Gasteiger partial charge is 0.387 e. The van der Waals surface area contributed by atoms with Crippen molar-refractivity contribution in [3.63, 3.8) is 0 Å². The second-order valence-corrected chi connectivity index (χ2v) is 5.59. The van der Waals surface area contributed by atoms with Crippen LogP contribution in [0.15, 0.2) is 18.2 Å². The molecular weight excluding hydrogens is 320 g/mol. The lowest BCUT2D eigenvalue weighted by atomic mass is 9.99. The van der Waals surface area contributed by atoms with Gasteiger partial charge in [-0.3, -0.25) is 9.59 Å². The van der Waals surface area contributed by atoms with E-state index in [1.807, 2.05) is 0 Å². The molecule has 1 heterocycles. The zero-order valence-electron chi connectivity index (χ0n) is 11.6. The molecular formula is C14H14ClF2NO4. The molecule has 0 saturated carbocycles. The van der Waals surface area contributed by atoms with Gasteiger partial charge < -0.3 is 14.7 Å². The number of hydrogen-bond acceptors (Lipinski definition) is 3. The first-order valence-corrected chi connectivity index (χ1v) is 6.94. The van der Waals surface area contributed by atoms with E-state index in [2.05, 4.69) is 4.74 Å². The van der Waals surface area contributed by atoms with Crippen LogP contribution in [-0.4, -0.2) is 41.6 Å². The highest BCUT2D eigenvalue weighted by Gasteiger charge is 2.38. The minimum atomic E-state index is -3.07. The Bertz CT molecular complexity index is 596. The zero-order valence-corrected chi connectivity index (χ0v) is 12.4. The molecule has 1 fully saturated rings. The minimum Gasteiger partial charge on any atom is -0.481 e. The summed E-state index contributed by atoms with van der Waals surface area (Å²) in [5, 5.41) is 9.29. The number of carboxylic acid groups (broad SMARTS) is 1. The topological polar surface area (TPSA) is 66.8 Å². The van der Waals surface area contributed by atoms with E-state index in [1.165, 1.54) is 23.1 Å². The van der Waals surface area contributed by atoms with Crippen molar-refractivity contribution in [3.05, 3.63) is 28.8 Å². The van der Waals surface area contributed by atoms with Crippen LogP contribution in [0.2, 0.25) is 5.02 Å². The molecule has 0 radical (unpaired) electrons. The SMILES string of the molecule is C[C@@H]1CN(C(=O)c2cc(Cl)ccc2OC(F)F)C[C@H]1C(=O)O. The van der Waals surface area contributed by atoms with Gasteiger partial charge in [0.15, 0.2) is 0 Å². The Morgan fingerprint density at radius 2 is 2.09 bits per heavy atom. The number of rotatable bonds is 4. The van der Waals surface area contributed by atoms with Crippen molar-refractivity contribution in [3.8, 4) is 5.75 Å². The van der Waals surface area contributed by atoms with Gasteiger partial charge in [-0.15, -0.1) is 0 Å². The van der Waals surface area contributed by atoms with Gasteiger partial charge in [0.25, 0.3) is 5.91 Å². The summed E-state index contributed by atoms with van der Waals surface area (Å²) in [4.78, 5) is 24.9. The van der Waals surface area contributed by atoms with E-state index < -0.39 is 24.4 Å². The molecule has 1 aliphatic heterocycles. The van der Waals surface area contributed by atoms with E-state index in [9.17, 15) is 18.4 Å². The number of benzene rings is 1. The van der Waals surface area contributed by atoms with E-state index >= 15 is 0 Å². The highest BCUT2D eigenvalue weighted by Crippen LogP contribution is 2.30. The number of halogens is 3. The molecule has 1 aromatic rings. The van der Waals surface area contributed by atoms with Crippen molar-refractivity contribution in [1.82, 2.24) is 4.90 Å². The second-order valence-electron chi connectivity index (χ2n) is 5.15. The van der Waals surface area contributed by atoms with Gasteiger partial charge in [-0.2, -0.15) is 8.78 Å². The third-order valence-corrected chi connectivity index (χ3v) is 3.84. The summed E-state index contributed by atoms with van der Waals surface area (Å²) in [6.45, 7) is -1.09. The van der Waals surface area contributed by atoms with Crippen LogP contribution in [0.25, 0.3) is 0 Å². The average Bonchev–Trinajstić information content (AvgIpc) is 2.81. The minimum absolute atomic E-state index is 0.0238. The van der Waals surface area contributed by atoms with Gasteiger partial charge in [0.05, 0.1) is 11.5 Å². The van der Waals surface area contributed by atoms with Crippen molar-refractivity contribution in [2.75, 3.05) is 13.1 Å². The lowest BCUT2D eigenvalue weighted by Crippen LogP contribution is -2.30. The molecule has 1 aliphatic rings. The van der Waals surface area contributed by atoms with Crippen LogP contribution in [-0.2, 0) is 4.79 Å². The first-order chi connectivity index (χ1) is 10.3. The molecule has 0 spiro atoms. The summed E-state index contributed by atoms with van der Waals surface area (Å²) in [5.41, 5.74) is -0.106. The van der Waals surface area contributed by atoms with Crippen LogP contribution >= 0.6 is 11.6 Å². The number of nitrogens with zero attached hydrogens (tertiary/aromatic N) is 1. The average molecular weight is 334 g/mol. The van der Waals surface area contributed by atoms with E-state index in [4.69, 9.17) is 16.7 Å². The van der Waals surface area contributed by atoms with Crippen LogP contribution in [0.5, 0.6) is 5.75 Å². The number of likely N-dealkylation sites (tertiary alicyclic amines) is 1. The van der Waals surface area contributed by atoms with Crippen LogP contribution in [0.4, 0.5) is 8.78 Å². The highest BCUT2D eigenvalue weighted by atomic mass is 35.5. The Kier molecular flexibility index (Phi) is 4.85. The molecule has 0 aliphatic carbocycles. The lowest BCUT2D eigenvalue weighted by Gasteiger charge is -2.18. The molecule has 1 N–H and O–H groups in total. The molecule has 120 valence electrons. The maximum atomic E-state index is 12.5. The molecule has 2 rings (SSSR count). The summed E-state index contributed by atoms with van der Waals surface area (Å²) in [5.74, 6) is -2.75. The molecule has 5 nitrogen and oxygen atoms in total. The third kappa shape index (κ3) is 3.47. The molecule has 1 amide bonds. The van der Waals surface area contributed by atoms with Crippen LogP contribution < -0.4 is 4.74 Å². The van der Waals surface area contributed by atoms with Gasteiger partial charge in [0.1, 0.15) is 5.75 Å². The van der Waals surface area contributed by atoms with Crippen molar-refractivity contribution in [1.29, 1.82) is 0 Å². The Morgan fingerprint density at radius 1 is 1.41 bits per heavy atom. The number of carboxylic acids is 1. The Hall–Kier alpha value is -1.89. The number of amides is 1. The largest absolute Gasteiger partial charge is 0.481 e. The number of aliphatic carboxylic acids is 1. The summed E-state index contributed by atoms with van der Waals surface area (Å²) in [7, 11) is 0. The third-order valence-electron chi connectivity index (χ3n) is 3.60. The number of hydrogen-bond donors (Lipinski definition) is 1. The van der Waals surface area contributed by atoms with E-state index in [0.717, 1.165) is 0 Å². The number of alkyl halides is 2. The monoisotopic (exact) mass is 333 g/mol. The predicted molar refractivity (Wildman–Crippen MR) is 74.3 cm³/mol. The van der Waals surface area contributed by atoms with Crippen molar-refractivity contribution in [2.45, 2.75) is 13.5 Å². The number of carbonyl (C=O) groups excluding carboxylic acids is 1. The molecule has 22 heavy (non-hydrogen) atoms. The van der Waals surface area contributed by atoms with Gasteiger partial charge in [0, 0.05) is 18.1 Å². The zero-order chi connectivity index (χ0) is 16.4. The van der Waals surface area contributed by atoms with E-state index in [-0.39, 0.29) is 35.3 Å². The van der Waals surface area contributed by atoms with Crippen molar-refractivity contribution in [2.24, 2.45) is 11.8 Å². The van der Waals surface area contributed by atoms with Gasteiger partial charge in [-0.1, -0.05) is 18.5 Å². The molecule has 1 aromatic carbocycles. The fourth-order valence-electron chi connectivity index (χ4n) is 2.49. The van der Waals surface area contributed by atoms with Crippen LogP contribution in [0.3, 0.4) is 0 Å². The number of carbonyl (C=O) groups is 2. The summed E-state index contributed by atoms with van der Waals surface area (Å²) in [6, 6.07) is 3.76. The standard InChI is InChI=1S/C14H14ClF2NO4/c1-7-5-18(6-10(7)13(20)21)12(19)9-4-8(15)2-3-11(9)22-14(16)17/h2-4,7,10,14H,5-6H2,1H3,(H,20,21)/t7-,10-/m1/s1. The molecule has 0 aromatic heterocycles. The molecule has 8 heteroatoms. The van der Waals surface area contributed by atoms with Gasteiger partial charge in [-0.25, -0.2) is 0 Å². The van der Waals surface area contributed by atoms with Gasteiger partial charge in [-0.05, 0) is 24.1 Å². The quantitative estimate of drug-likeness (QED) is 0.920.